The summed E-state index contributed by atoms with van der Waals surface area (Å²) in [6.45, 7) is -0.102. The molecular formula is C16H20N4O2. The number of nitrogens with two attached hydrogens (primary N) is 1. The minimum atomic E-state index is -0.151. The second-order valence-electron chi connectivity index (χ2n) is 5.72. The largest absolute Gasteiger partial charge is 0.392 e. The lowest BCUT2D eigenvalue weighted by atomic mass is 10.2. The zero-order chi connectivity index (χ0) is 15.5. The summed E-state index contributed by atoms with van der Waals surface area (Å²) in [6.07, 6.45) is 6.34. The lowest BCUT2D eigenvalue weighted by Crippen LogP contribution is -2.21. The van der Waals surface area contributed by atoms with Gasteiger partial charge >= 0.3 is 0 Å². The molecule has 0 bridgehead atoms. The Hall–Kier alpha value is -2.18. The molecule has 1 aliphatic rings. The van der Waals surface area contributed by atoms with E-state index in [1.165, 1.54) is 10.6 Å². The molecule has 6 heteroatoms. The van der Waals surface area contributed by atoms with Crippen LogP contribution in [0.4, 0.5) is 5.82 Å². The first-order valence-electron chi connectivity index (χ1n) is 7.46. The molecule has 2 aromatic rings. The number of hydrogen-bond acceptors (Lipinski definition) is 5. The molecule has 0 radical (unpaired) electrons. The molecule has 0 unspecified atom stereocenters. The fourth-order valence-electron chi connectivity index (χ4n) is 2.80. The van der Waals surface area contributed by atoms with E-state index in [4.69, 9.17) is 5.73 Å². The van der Waals surface area contributed by atoms with Crippen LogP contribution in [0.5, 0.6) is 0 Å². The zero-order valence-corrected chi connectivity index (χ0v) is 12.3. The highest BCUT2D eigenvalue weighted by atomic mass is 16.3. The molecule has 3 rings (SSSR count). The minimum absolute atomic E-state index is 0.102. The second-order valence-corrected chi connectivity index (χ2v) is 5.72. The maximum absolute atomic E-state index is 11.9. The van der Waals surface area contributed by atoms with Crippen LogP contribution in [-0.2, 0) is 6.61 Å². The molecule has 0 aliphatic heterocycles. The molecule has 0 saturated heterocycles. The van der Waals surface area contributed by atoms with E-state index in [-0.39, 0.29) is 18.2 Å². The Morgan fingerprint density at radius 1 is 1.32 bits per heavy atom. The summed E-state index contributed by atoms with van der Waals surface area (Å²) in [4.78, 5) is 16.3. The third-order valence-electron chi connectivity index (χ3n) is 4.01. The van der Waals surface area contributed by atoms with Crippen molar-refractivity contribution in [1.82, 2.24) is 9.55 Å². The van der Waals surface area contributed by atoms with E-state index in [1.807, 2.05) is 12.1 Å². The smallest absolute Gasteiger partial charge is 0.255 e. The summed E-state index contributed by atoms with van der Waals surface area (Å²) in [5, 5.41) is 12.5. The first-order valence-corrected chi connectivity index (χ1v) is 7.46. The number of aromatic nitrogens is 2. The normalized spacial score (nSPS) is 21.0. The first-order chi connectivity index (χ1) is 10.7. The molecule has 0 spiro atoms. The number of nitrogens with zero attached hydrogens (tertiary/aromatic N) is 2. The van der Waals surface area contributed by atoms with Crippen LogP contribution in [0, 0.1) is 0 Å². The highest BCUT2D eigenvalue weighted by Gasteiger charge is 2.21. The highest BCUT2D eigenvalue weighted by molar-refractivity contribution is 5.42. The summed E-state index contributed by atoms with van der Waals surface area (Å²) in [6, 6.07) is 7.40. The van der Waals surface area contributed by atoms with Crippen molar-refractivity contribution < 1.29 is 5.11 Å². The van der Waals surface area contributed by atoms with Gasteiger partial charge in [0.1, 0.15) is 5.82 Å². The molecular weight excluding hydrogens is 280 g/mol. The van der Waals surface area contributed by atoms with E-state index in [0.717, 1.165) is 25.1 Å². The maximum atomic E-state index is 11.9. The van der Waals surface area contributed by atoms with Gasteiger partial charge < -0.3 is 16.2 Å². The number of aliphatic hydroxyl groups is 1. The molecule has 1 aliphatic carbocycles. The van der Waals surface area contributed by atoms with E-state index in [9.17, 15) is 9.90 Å². The van der Waals surface area contributed by atoms with E-state index >= 15 is 0 Å². The number of rotatable bonds is 4. The molecule has 2 atom stereocenters. The molecule has 0 aromatic carbocycles. The molecule has 2 heterocycles. The standard InChI is InChI=1S/C16H20N4O2/c17-12-2-3-13(7-12)19-15-5-4-14(8-18-15)20-9-11(10-21)1-6-16(20)22/h1,4-6,8-9,12-13,21H,2-3,7,10,17H2,(H,18,19)/t12-,13-/m0/s1. The van der Waals surface area contributed by atoms with Crippen LogP contribution in [0.25, 0.3) is 5.69 Å². The van der Waals surface area contributed by atoms with Crippen LogP contribution in [0.2, 0.25) is 0 Å². The van der Waals surface area contributed by atoms with Crippen LogP contribution >= 0.6 is 0 Å². The third-order valence-corrected chi connectivity index (χ3v) is 4.01. The Morgan fingerprint density at radius 2 is 2.18 bits per heavy atom. The summed E-state index contributed by atoms with van der Waals surface area (Å²) in [7, 11) is 0. The van der Waals surface area contributed by atoms with Gasteiger partial charge in [-0.05, 0) is 43.0 Å². The topological polar surface area (TPSA) is 93.2 Å². The number of pyridine rings is 2. The van der Waals surface area contributed by atoms with Gasteiger partial charge in [0.15, 0.2) is 0 Å². The SMILES string of the molecule is N[C@H]1CC[C@H](Nc2ccc(-n3cc(CO)ccc3=O)cn2)C1. The summed E-state index contributed by atoms with van der Waals surface area (Å²) in [5.41, 5.74) is 7.11. The Bertz CT molecular complexity index is 696. The lowest BCUT2D eigenvalue weighted by molar-refractivity contribution is 0.281. The molecule has 1 saturated carbocycles. The van der Waals surface area contributed by atoms with Crippen molar-refractivity contribution in [3.63, 3.8) is 0 Å². The van der Waals surface area contributed by atoms with Crippen LogP contribution in [0.15, 0.2) is 41.5 Å². The van der Waals surface area contributed by atoms with Gasteiger partial charge in [-0.15, -0.1) is 0 Å². The van der Waals surface area contributed by atoms with Crippen LogP contribution in [0.1, 0.15) is 24.8 Å². The van der Waals surface area contributed by atoms with Crippen molar-refractivity contribution in [2.24, 2.45) is 5.73 Å². The van der Waals surface area contributed by atoms with Crippen LogP contribution in [0.3, 0.4) is 0 Å². The molecule has 116 valence electrons. The minimum Gasteiger partial charge on any atom is -0.392 e. The van der Waals surface area contributed by atoms with Gasteiger partial charge in [0.05, 0.1) is 18.5 Å². The van der Waals surface area contributed by atoms with Crippen LogP contribution < -0.4 is 16.6 Å². The van der Waals surface area contributed by atoms with E-state index in [2.05, 4.69) is 10.3 Å². The molecule has 6 nitrogen and oxygen atoms in total. The Kier molecular flexibility index (Phi) is 4.22. The molecule has 0 amide bonds. The van der Waals surface area contributed by atoms with Gasteiger partial charge in [0.2, 0.25) is 0 Å². The van der Waals surface area contributed by atoms with Crippen molar-refractivity contribution in [1.29, 1.82) is 0 Å². The zero-order valence-electron chi connectivity index (χ0n) is 12.3. The van der Waals surface area contributed by atoms with Gasteiger partial charge in [0, 0.05) is 24.3 Å². The van der Waals surface area contributed by atoms with Gasteiger partial charge in [0.25, 0.3) is 5.56 Å². The Morgan fingerprint density at radius 3 is 2.82 bits per heavy atom. The third kappa shape index (κ3) is 3.18. The second kappa shape index (κ2) is 6.29. The Labute approximate surface area is 128 Å². The predicted octanol–water partition coefficient (Wildman–Crippen LogP) is 1.02. The monoisotopic (exact) mass is 300 g/mol. The number of anilines is 1. The van der Waals surface area contributed by atoms with E-state index in [1.54, 1.807) is 18.5 Å². The number of aliphatic hydroxyl groups excluding tert-OH is 1. The number of nitrogens with one attached hydrogen (secondary N) is 1. The summed E-state index contributed by atoms with van der Waals surface area (Å²) in [5.74, 6) is 0.786. The van der Waals surface area contributed by atoms with E-state index in [0.29, 0.717) is 17.3 Å². The fraction of sp³-hybridized carbons (Fsp3) is 0.375. The van der Waals surface area contributed by atoms with Crippen molar-refractivity contribution in [3.8, 4) is 5.69 Å². The van der Waals surface area contributed by atoms with Crippen molar-refractivity contribution in [2.75, 3.05) is 5.32 Å². The summed E-state index contributed by atoms with van der Waals surface area (Å²) < 4.78 is 1.48. The Balaban J connectivity index is 1.78. The lowest BCUT2D eigenvalue weighted by Gasteiger charge is -2.13. The highest BCUT2D eigenvalue weighted by Crippen LogP contribution is 2.21. The quantitative estimate of drug-likeness (QED) is 0.784. The van der Waals surface area contributed by atoms with Crippen molar-refractivity contribution >= 4 is 5.82 Å². The molecule has 1 fully saturated rings. The molecule has 4 N–H and O–H groups in total. The average molecular weight is 300 g/mol. The maximum Gasteiger partial charge on any atom is 0.255 e. The summed E-state index contributed by atoms with van der Waals surface area (Å²) >= 11 is 0. The van der Waals surface area contributed by atoms with Gasteiger partial charge in [-0.3, -0.25) is 9.36 Å². The van der Waals surface area contributed by atoms with Gasteiger partial charge in [-0.1, -0.05) is 0 Å². The van der Waals surface area contributed by atoms with E-state index < -0.39 is 0 Å². The number of hydrogen-bond donors (Lipinski definition) is 3. The molecule has 22 heavy (non-hydrogen) atoms. The van der Waals surface area contributed by atoms with Gasteiger partial charge in [-0.25, -0.2) is 4.98 Å². The first kappa shape index (κ1) is 14.7. The average Bonchev–Trinajstić information content (AvgIpc) is 2.94. The van der Waals surface area contributed by atoms with Crippen molar-refractivity contribution in [3.05, 3.63) is 52.6 Å². The van der Waals surface area contributed by atoms with Gasteiger partial charge in [-0.2, -0.15) is 0 Å². The predicted molar refractivity (Wildman–Crippen MR) is 85.0 cm³/mol. The fourth-order valence-corrected chi connectivity index (χ4v) is 2.80. The van der Waals surface area contributed by atoms with Crippen LogP contribution in [-0.4, -0.2) is 26.7 Å². The molecule has 2 aromatic heterocycles. The van der Waals surface area contributed by atoms with Crippen molar-refractivity contribution in [2.45, 2.75) is 38.0 Å².